The molecule has 1 N–H and O–H groups in total. The molecular weight excluding hydrogens is 328 g/mol. The number of amides is 1. The highest BCUT2D eigenvalue weighted by atomic mass is 35.5. The third-order valence-electron chi connectivity index (χ3n) is 3.53. The molecule has 1 atom stereocenters. The Balaban J connectivity index is 2.09. The van der Waals surface area contributed by atoms with Gasteiger partial charge in [-0.3, -0.25) is 4.79 Å². The molecule has 0 saturated heterocycles. The number of carbonyl (C=O) groups is 2. The molecule has 1 aromatic heterocycles. The molecule has 1 aromatic carbocycles. The van der Waals surface area contributed by atoms with Gasteiger partial charge < -0.3 is 10.1 Å². The van der Waals surface area contributed by atoms with E-state index in [0.717, 1.165) is 11.1 Å². The largest absolute Gasteiger partial charge is 0.449 e. The van der Waals surface area contributed by atoms with Crippen molar-refractivity contribution in [1.29, 1.82) is 0 Å². The van der Waals surface area contributed by atoms with Gasteiger partial charge >= 0.3 is 5.97 Å². The zero-order valence-corrected chi connectivity index (χ0v) is 14.6. The zero-order valence-electron chi connectivity index (χ0n) is 13.8. The Bertz CT molecular complexity index is 762. The molecule has 0 spiro atoms. The summed E-state index contributed by atoms with van der Waals surface area (Å²) in [5.74, 6) is -1.05. The normalized spacial score (nSPS) is 11.7. The molecule has 1 unspecified atom stereocenters. The molecule has 0 bridgehead atoms. The monoisotopic (exact) mass is 346 g/mol. The maximum atomic E-state index is 12.4. The molecule has 126 valence electrons. The van der Waals surface area contributed by atoms with E-state index in [1.54, 1.807) is 13.0 Å². The fraction of sp³-hybridized carbons (Fsp3) is 0.278. The third kappa shape index (κ3) is 4.32. The number of aromatic nitrogens is 1. The van der Waals surface area contributed by atoms with Gasteiger partial charge in [-0.2, -0.15) is 0 Å². The van der Waals surface area contributed by atoms with Crippen LogP contribution in [0.25, 0.3) is 0 Å². The molecule has 5 nitrogen and oxygen atoms in total. The molecule has 2 aromatic rings. The number of anilines is 1. The number of halogens is 1. The van der Waals surface area contributed by atoms with Crippen molar-refractivity contribution < 1.29 is 14.3 Å². The first-order valence-corrected chi connectivity index (χ1v) is 7.99. The number of hydrogen-bond donors (Lipinski definition) is 1. The van der Waals surface area contributed by atoms with Crippen LogP contribution in [0.3, 0.4) is 0 Å². The topological polar surface area (TPSA) is 68.3 Å². The summed E-state index contributed by atoms with van der Waals surface area (Å²) < 4.78 is 5.29. The quantitative estimate of drug-likeness (QED) is 0.658. The number of carbonyl (C=O) groups excluding carboxylic acids is 2. The van der Waals surface area contributed by atoms with E-state index in [-0.39, 0.29) is 16.6 Å². The molecule has 0 aliphatic heterocycles. The van der Waals surface area contributed by atoms with Crippen molar-refractivity contribution in [3.63, 3.8) is 0 Å². The van der Waals surface area contributed by atoms with Crippen LogP contribution in [0, 0.1) is 13.8 Å². The van der Waals surface area contributed by atoms with Crippen LogP contribution in [-0.4, -0.2) is 23.0 Å². The van der Waals surface area contributed by atoms with E-state index in [4.69, 9.17) is 16.3 Å². The highest BCUT2D eigenvalue weighted by molar-refractivity contribution is 6.32. The molecule has 24 heavy (non-hydrogen) atoms. The lowest BCUT2D eigenvalue weighted by Crippen LogP contribution is -2.32. The lowest BCUT2D eigenvalue weighted by atomic mass is 10.1. The Kier molecular flexibility index (Phi) is 5.93. The minimum atomic E-state index is -0.908. The smallest absolute Gasteiger partial charge is 0.342 e. The van der Waals surface area contributed by atoms with Crippen molar-refractivity contribution in [3.05, 3.63) is 58.4 Å². The Hall–Kier alpha value is -2.40. The van der Waals surface area contributed by atoms with Gasteiger partial charge in [0.15, 0.2) is 6.10 Å². The number of nitrogens with zero attached hydrogens (tertiary/aromatic N) is 1. The molecule has 2 rings (SSSR count). The average molecular weight is 347 g/mol. The predicted octanol–water partition coefficient (Wildman–Crippen LogP) is 3.93. The van der Waals surface area contributed by atoms with Crippen LogP contribution in [0.1, 0.15) is 34.8 Å². The Morgan fingerprint density at radius 1 is 1.29 bits per heavy atom. The Morgan fingerprint density at radius 2 is 2.04 bits per heavy atom. The number of ether oxygens (including phenoxy) is 1. The van der Waals surface area contributed by atoms with E-state index in [9.17, 15) is 9.59 Å². The van der Waals surface area contributed by atoms with Crippen LogP contribution in [0.2, 0.25) is 5.15 Å². The van der Waals surface area contributed by atoms with Crippen molar-refractivity contribution in [2.45, 2.75) is 33.3 Å². The van der Waals surface area contributed by atoms with Crippen LogP contribution < -0.4 is 5.32 Å². The van der Waals surface area contributed by atoms with Crippen LogP contribution in [0.4, 0.5) is 5.69 Å². The van der Waals surface area contributed by atoms with E-state index in [1.807, 2.05) is 32.0 Å². The lowest BCUT2D eigenvalue weighted by Gasteiger charge is -2.17. The number of rotatable bonds is 5. The van der Waals surface area contributed by atoms with Crippen molar-refractivity contribution in [2.75, 3.05) is 5.32 Å². The van der Waals surface area contributed by atoms with Gasteiger partial charge in [0.1, 0.15) is 5.15 Å². The average Bonchev–Trinajstić information content (AvgIpc) is 2.55. The van der Waals surface area contributed by atoms with Crippen LogP contribution in [-0.2, 0) is 9.53 Å². The van der Waals surface area contributed by atoms with Gasteiger partial charge in [0.2, 0.25) is 0 Å². The summed E-state index contributed by atoms with van der Waals surface area (Å²) in [6, 6.07) is 8.80. The summed E-state index contributed by atoms with van der Waals surface area (Å²) in [5, 5.41) is 2.84. The Morgan fingerprint density at radius 3 is 2.67 bits per heavy atom. The summed E-state index contributed by atoms with van der Waals surface area (Å²) in [6.07, 6.45) is 0.915. The van der Waals surface area contributed by atoms with Gasteiger partial charge in [0.25, 0.3) is 5.91 Å². The maximum absolute atomic E-state index is 12.4. The third-order valence-corrected chi connectivity index (χ3v) is 3.83. The molecule has 0 aliphatic rings. The van der Waals surface area contributed by atoms with E-state index >= 15 is 0 Å². The van der Waals surface area contributed by atoms with Crippen LogP contribution in [0.15, 0.2) is 36.5 Å². The first-order chi connectivity index (χ1) is 11.4. The number of aryl methyl sites for hydroxylation is 2. The Labute approximate surface area is 146 Å². The van der Waals surface area contributed by atoms with E-state index in [1.165, 1.54) is 12.3 Å². The SMILES string of the molecule is CCC(OC(=O)c1cccnc1Cl)C(=O)Nc1ccc(C)cc1C. The standard InChI is InChI=1S/C18H19ClN2O3/c1-4-15(24-18(23)13-6-5-9-20-16(13)19)17(22)21-14-8-7-11(2)10-12(14)3/h5-10,15H,4H2,1-3H3,(H,21,22). The second-order valence-electron chi connectivity index (χ2n) is 5.45. The summed E-state index contributed by atoms with van der Waals surface area (Å²) in [5.41, 5.74) is 2.88. The van der Waals surface area contributed by atoms with Crippen LogP contribution in [0.5, 0.6) is 0 Å². The molecule has 0 fully saturated rings. The van der Waals surface area contributed by atoms with E-state index < -0.39 is 12.1 Å². The summed E-state index contributed by atoms with van der Waals surface area (Å²) in [4.78, 5) is 28.4. The minimum absolute atomic E-state index is 0.0483. The summed E-state index contributed by atoms with van der Waals surface area (Å²) in [7, 11) is 0. The lowest BCUT2D eigenvalue weighted by molar-refractivity contribution is -0.124. The molecule has 6 heteroatoms. The van der Waals surface area contributed by atoms with Gasteiger partial charge in [-0.25, -0.2) is 9.78 Å². The molecule has 1 amide bonds. The predicted molar refractivity (Wildman–Crippen MR) is 93.3 cm³/mol. The number of nitrogens with one attached hydrogen (secondary N) is 1. The first-order valence-electron chi connectivity index (χ1n) is 7.62. The molecule has 0 aliphatic carbocycles. The summed E-state index contributed by atoms with van der Waals surface area (Å²) in [6.45, 7) is 5.65. The number of benzene rings is 1. The fourth-order valence-electron chi connectivity index (χ4n) is 2.22. The summed E-state index contributed by atoms with van der Waals surface area (Å²) >= 11 is 5.88. The minimum Gasteiger partial charge on any atom is -0.449 e. The van der Waals surface area contributed by atoms with Gasteiger partial charge in [-0.1, -0.05) is 36.2 Å². The van der Waals surface area contributed by atoms with E-state index in [2.05, 4.69) is 10.3 Å². The molecule has 0 radical (unpaired) electrons. The van der Waals surface area contributed by atoms with Crippen molar-refractivity contribution in [2.24, 2.45) is 0 Å². The second kappa shape index (κ2) is 7.93. The van der Waals surface area contributed by atoms with Crippen LogP contribution >= 0.6 is 11.6 Å². The number of pyridine rings is 1. The van der Waals surface area contributed by atoms with Crippen molar-refractivity contribution >= 4 is 29.2 Å². The highest BCUT2D eigenvalue weighted by Gasteiger charge is 2.23. The van der Waals surface area contributed by atoms with E-state index in [0.29, 0.717) is 12.1 Å². The highest BCUT2D eigenvalue weighted by Crippen LogP contribution is 2.18. The fourth-order valence-corrected chi connectivity index (χ4v) is 2.42. The number of hydrogen-bond acceptors (Lipinski definition) is 4. The second-order valence-corrected chi connectivity index (χ2v) is 5.81. The van der Waals surface area contributed by atoms with Gasteiger partial charge in [0.05, 0.1) is 5.56 Å². The van der Waals surface area contributed by atoms with Crippen molar-refractivity contribution in [1.82, 2.24) is 4.98 Å². The van der Waals surface area contributed by atoms with Gasteiger partial charge in [-0.15, -0.1) is 0 Å². The molecule has 1 heterocycles. The van der Waals surface area contributed by atoms with Gasteiger partial charge in [0, 0.05) is 11.9 Å². The van der Waals surface area contributed by atoms with Crippen molar-refractivity contribution in [3.8, 4) is 0 Å². The first kappa shape index (κ1) is 17.9. The number of esters is 1. The zero-order chi connectivity index (χ0) is 17.7. The molecular formula is C18H19ClN2O3. The van der Waals surface area contributed by atoms with Gasteiger partial charge in [-0.05, 0) is 44.0 Å². The maximum Gasteiger partial charge on any atom is 0.342 e. The molecule has 0 saturated carbocycles.